The minimum Gasteiger partial charge on any atom is -0.497 e. The van der Waals surface area contributed by atoms with Crippen molar-refractivity contribution in [1.29, 1.82) is 0 Å². The van der Waals surface area contributed by atoms with Crippen molar-refractivity contribution in [3.63, 3.8) is 0 Å². The number of ether oxygens (including phenoxy) is 4. The maximum Gasteiger partial charge on any atom is 0.496 e. The number of rotatable bonds is 11. The number of halogens is 2. The lowest BCUT2D eigenvalue weighted by Gasteiger charge is -2.32. The van der Waals surface area contributed by atoms with Crippen LogP contribution in [0.4, 0.5) is 11.4 Å². The first-order valence-corrected chi connectivity index (χ1v) is 28.7. The van der Waals surface area contributed by atoms with E-state index in [0.29, 0.717) is 28.4 Å². The van der Waals surface area contributed by atoms with Gasteiger partial charge in [0.25, 0.3) is 9.05 Å². The van der Waals surface area contributed by atoms with Crippen LogP contribution in [0.1, 0.15) is 33.3 Å². The Labute approximate surface area is 449 Å². The lowest BCUT2D eigenvalue weighted by Crippen LogP contribution is -2.41. The first-order chi connectivity index (χ1) is 34.6. The van der Waals surface area contributed by atoms with Crippen LogP contribution in [0, 0.1) is 0 Å². The summed E-state index contributed by atoms with van der Waals surface area (Å²) in [6, 6.07) is 14.6. The van der Waals surface area contributed by atoms with Crippen LogP contribution in [0.15, 0.2) is 140 Å². The van der Waals surface area contributed by atoms with Gasteiger partial charge in [-0.2, -0.15) is 0 Å². The van der Waals surface area contributed by atoms with E-state index in [4.69, 9.17) is 50.4 Å². The number of anilines is 2. The van der Waals surface area contributed by atoms with Gasteiger partial charge in [0.2, 0.25) is 0 Å². The zero-order valence-electron chi connectivity index (χ0n) is 40.6. The molecule has 4 N–H and O–H groups in total. The molecule has 0 amide bonds. The van der Waals surface area contributed by atoms with Gasteiger partial charge in [0.15, 0.2) is 13.8 Å². The van der Waals surface area contributed by atoms with Crippen molar-refractivity contribution in [2.45, 2.75) is 54.4 Å². The molecule has 386 valence electrons. The van der Waals surface area contributed by atoms with E-state index in [1.165, 1.54) is 58.0 Å². The van der Waals surface area contributed by atoms with Gasteiger partial charge >= 0.3 is 7.12 Å². The summed E-state index contributed by atoms with van der Waals surface area (Å²) in [5.74, 6) is 1.15. The Kier molecular flexibility index (Phi) is 21.1. The van der Waals surface area contributed by atoms with Crippen LogP contribution in [-0.2, 0) is 33.9 Å². The molecule has 1 aliphatic rings. The van der Waals surface area contributed by atoms with Crippen LogP contribution in [0.3, 0.4) is 0 Å². The van der Waals surface area contributed by atoms with Crippen LogP contribution < -0.4 is 35.9 Å². The summed E-state index contributed by atoms with van der Waals surface area (Å²) in [6.45, 7) is 8.08. The molecule has 26 heteroatoms. The summed E-state index contributed by atoms with van der Waals surface area (Å²) in [6.07, 6.45) is 15.1. The zero-order chi connectivity index (χ0) is 53.4. The molecule has 0 saturated carbocycles. The predicted octanol–water partition coefficient (Wildman–Crippen LogP) is 9.48. The highest BCUT2D eigenvalue weighted by Gasteiger charge is 2.51. The van der Waals surface area contributed by atoms with Crippen molar-refractivity contribution in [3.8, 4) is 44.1 Å². The van der Waals surface area contributed by atoms with E-state index >= 15 is 0 Å². The Morgan fingerprint density at radius 2 is 1.10 bits per heavy atom. The number of thiazole rings is 3. The van der Waals surface area contributed by atoms with E-state index in [1.807, 2.05) is 56.0 Å². The number of methoxy groups -OCH3 is 4. The molecule has 0 bridgehead atoms. The van der Waals surface area contributed by atoms with E-state index in [1.54, 1.807) is 103 Å². The van der Waals surface area contributed by atoms with Crippen LogP contribution >= 0.6 is 60.6 Å². The second kappa shape index (κ2) is 26.4. The molecule has 1 aliphatic heterocycles. The number of hydrogen-bond acceptors (Lipinski definition) is 21. The molecule has 0 aliphatic carbocycles. The van der Waals surface area contributed by atoms with Crippen LogP contribution in [0.2, 0.25) is 0 Å². The number of nitrogens with zero attached hydrogens (tertiary/aromatic N) is 6. The molecule has 8 aromatic rings. The van der Waals surface area contributed by atoms with Gasteiger partial charge in [0.1, 0.15) is 42.8 Å². The lowest BCUT2D eigenvalue weighted by atomic mass is 9.80. The molecular weight excluding hydrogens is 1120 g/mol. The van der Waals surface area contributed by atoms with E-state index in [2.05, 4.69) is 45.8 Å². The number of nitrogens with two attached hydrogens (primary N) is 2. The van der Waals surface area contributed by atoms with Crippen molar-refractivity contribution in [2.24, 2.45) is 0 Å². The number of nitrogen functional groups attached to an aromatic ring is 2. The molecule has 18 nitrogen and oxygen atoms in total. The average Bonchev–Trinajstić information content (AvgIpc) is 4.22. The minimum atomic E-state index is -3.81. The maximum atomic E-state index is 12.9. The Morgan fingerprint density at radius 3 is 1.53 bits per heavy atom. The largest absolute Gasteiger partial charge is 0.497 e. The highest BCUT2D eigenvalue weighted by atomic mass is 79.9. The van der Waals surface area contributed by atoms with E-state index in [9.17, 15) is 16.8 Å². The molecule has 1 saturated heterocycles. The molecule has 73 heavy (non-hydrogen) atoms. The monoisotopic (exact) mass is 1170 g/mol. The Hall–Kier alpha value is -5.77. The van der Waals surface area contributed by atoms with Crippen molar-refractivity contribution in [1.82, 2.24) is 29.9 Å². The van der Waals surface area contributed by atoms with Crippen LogP contribution in [0.25, 0.3) is 21.1 Å². The van der Waals surface area contributed by atoms with Gasteiger partial charge in [0, 0.05) is 117 Å². The number of aromatic nitrogens is 6. The SMILES string of the molecule is Brc1nccs1.CC1(C)OB(c2cncc(N)c2)OC1(C)C.COc1ccc(OC)c(S(=O)(=O)Cc2cncc(-c3nccs3)c2)c1.COc1ccc(OC)c(S(=O)(=O)Cl)c1.Nc1cncc(-c2nccs2)c1. The van der Waals surface area contributed by atoms with Gasteiger partial charge in [-0.05, 0) is 91.7 Å². The number of hydrogen-bond donors (Lipinski definition) is 2. The van der Waals surface area contributed by atoms with Crippen molar-refractivity contribution >= 4 is 103 Å². The summed E-state index contributed by atoms with van der Waals surface area (Å²) < 4.78 is 80.7. The molecule has 2 aromatic carbocycles. The normalized spacial score (nSPS) is 13.3. The topological polar surface area (TPSA) is 253 Å². The molecular formula is C47H51BBrClN8O10S5. The summed E-state index contributed by atoms with van der Waals surface area (Å²) in [4.78, 5) is 24.4. The lowest BCUT2D eigenvalue weighted by molar-refractivity contribution is 0.00578. The summed E-state index contributed by atoms with van der Waals surface area (Å²) in [5, 5.41) is 7.46. The molecule has 0 radical (unpaired) electrons. The third-order valence-corrected chi connectivity index (χ3v) is 16.3. The van der Waals surface area contributed by atoms with E-state index < -0.39 is 18.9 Å². The number of pyridine rings is 3. The van der Waals surface area contributed by atoms with Gasteiger partial charge in [0.05, 0.1) is 51.1 Å². The average molecular weight is 1170 g/mol. The molecule has 0 spiro atoms. The minimum absolute atomic E-state index is 0.0917. The second-order valence-corrected chi connectivity index (χ2v) is 24.4. The van der Waals surface area contributed by atoms with Gasteiger partial charge < -0.3 is 39.7 Å². The quantitative estimate of drug-likeness (QED) is 0.0903. The van der Waals surface area contributed by atoms with Gasteiger partial charge in [-0.3, -0.25) is 15.0 Å². The standard InChI is InChI=1S/C17H16N2O4S2.C11H17BN2O2.C8H9ClO4S.C8H7N3S.C3H2BrNS/c1-22-14-3-4-15(23-2)16(8-14)25(20,21)11-12-7-13(10-18-9-12)17-19-5-6-24-17;1-10(2)11(3,4)16-12(15-10)8-5-9(13)7-14-6-8;1-12-6-3-4-7(13-2)8(5-6)14(9,10)11;9-7-3-6(4-10-5-7)8-11-1-2-12-8;4-3-5-1-2-6-3/h3-10H,11H2,1-2H3;5-7H,13H2,1-4H3;3-5H,1-2H3;1-5H,9H2;1-2H. The number of benzene rings is 2. The van der Waals surface area contributed by atoms with Crippen molar-refractivity contribution < 1.29 is 45.1 Å². The van der Waals surface area contributed by atoms with Gasteiger partial charge in [-0.15, -0.1) is 34.0 Å². The molecule has 6 aromatic heterocycles. The molecule has 9 rings (SSSR count). The molecule has 0 unspecified atom stereocenters. The Balaban J connectivity index is 0.000000180. The summed E-state index contributed by atoms with van der Waals surface area (Å²) >= 11 is 7.82. The molecule has 0 atom stereocenters. The Bertz CT molecular complexity index is 3220. The van der Waals surface area contributed by atoms with E-state index in [0.717, 1.165) is 30.5 Å². The fraction of sp³-hybridized carbons (Fsp3) is 0.234. The first kappa shape index (κ1) is 58.1. The highest BCUT2D eigenvalue weighted by Crippen LogP contribution is 2.37. The predicted molar refractivity (Wildman–Crippen MR) is 292 cm³/mol. The van der Waals surface area contributed by atoms with Crippen molar-refractivity contribution in [2.75, 3.05) is 39.9 Å². The Morgan fingerprint density at radius 1 is 0.616 bits per heavy atom. The number of sulfone groups is 1. The van der Waals surface area contributed by atoms with Crippen molar-refractivity contribution in [3.05, 3.63) is 136 Å². The fourth-order valence-corrected chi connectivity index (χ4v) is 10.6. The van der Waals surface area contributed by atoms with Gasteiger partial charge in [-0.1, -0.05) is 0 Å². The smallest absolute Gasteiger partial charge is 0.496 e. The van der Waals surface area contributed by atoms with Crippen LogP contribution in [0.5, 0.6) is 23.0 Å². The second-order valence-electron chi connectivity index (χ2n) is 15.9. The fourth-order valence-electron chi connectivity index (χ4n) is 6.08. The maximum absolute atomic E-state index is 12.9. The zero-order valence-corrected chi connectivity index (χ0v) is 47.1. The summed E-state index contributed by atoms with van der Waals surface area (Å²) in [5.41, 5.74) is 15.1. The highest BCUT2D eigenvalue weighted by molar-refractivity contribution is 9.11. The third kappa shape index (κ3) is 16.9. The first-order valence-electron chi connectivity index (χ1n) is 21.3. The van der Waals surface area contributed by atoms with Gasteiger partial charge in [-0.25, -0.2) is 31.8 Å². The summed E-state index contributed by atoms with van der Waals surface area (Å²) in [7, 11) is 3.10. The molecule has 1 fully saturated rings. The van der Waals surface area contributed by atoms with Crippen LogP contribution in [-0.4, -0.2) is 93.5 Å². The van der Waals surface area contributed by atoms with E-state index in [-0.39, 0.29) is 45.4 Å². The third-order valence-electron chi connectivity index (χ3n) is 10.3. The molecule has 7 heterocycles.